The Morgan fingerprint density at radius 1 is 1.25 bits per heavy atom. The first-order chi connectivity index (χ1) is 13.5. The van der Waals surface area contributed by atoms with E-state index in [1.165, 1.54) is 5.57 Å². The van der Waals surface area contributed by atoms with E-state index in [1.807, 2.05) is 37.5 Å². The third-order valence-corrected chi connectivity index (χ3v) is 5.76. The number of hydrogen-bond donors (Lipinski definition) is 1. The van der Waals surface area contributed by atoms with Gasteiger partial charge in [0.1, 0.15) is 5.78 Å². The summed E-state index contributed by atoms with van der Waals surface area (Å²) in [5, 5.41) is 8.63. The van der Waals surface area contributed by atoms with E-state index in [-0.39, 0.29) is 11.8 Å². The molecule has 2 aliphatic rings. The van der Waals surface area contributed by atoms with E-state index in [4.69, 9.17) is 11.6 Å². The number of aromatic nitrogens is 2. The molecule has 6 nitrogen and oxygen atoms in total. The zero-order valence-electron chi connectivity index (χ0n) is 16.2. The lowest BCUT2D eigenvalue weighted by atomic mass is 9.96. The van der Waals surface area contributed by atoms with Gasteiger partial charge < -0.3 is 4.90 Å². The Morgan fingerprint density at radius 3 is 2.71 bits per heavy atom. The van der Waals surface area contributed by atoms with Gasteiger partial charge in [-0.1, -0.05) is 23.7 Å². The average molecular weight is 398 g/mol. The smallest absolute Gasteiger partial charge is 0.158 e. The van der Waals surface area contributed by atoms with E-state index in [0.29, 0.717) is 11.6 Å². The Labute approximate surface area is 169 Å². The number of piperazine rings is 1. The van der Waals surface area contributed by atoms with Gasteiger partial charge in [-0.25, -0.2) is 0 Å². The minimum atomic E-state index is -0.112. The number of likely N-dealkylation sites (N-methyl/N-ethyl adjacent to an activating group) is 1. The predicted molar refractivity (Wildman–Crippen MR) is 114 cm³/mol. The van der Waals surface area contributed by atoms with Crippen LogP contribution in [0.25, 0.3) is 16.8 Å². The molecule has 0 radical (unpaired) electrons. The van der Waals surface area contributed by atoms with Crippen LogP contribution in [0.5, 0.6) is 0 Å². The zero-order valence-corrected chi connectivity index (χ0v) is 16.9. The Bertz CT molecular complexity index is 931. The second-order valence-electron chi connectivity index (χ2n) is 7.35. The number of carbonyl (C=O) groups is 1. The maximum absolute atomic E-state index is 12.1. The first-order valence-corrected chi connectivity index (χ1v) is 9.91. The summed E-state index contributed by atoms with van der Waals surface area (Å²) in [5.74, 6) is 1.09. The van der Waals surface area contributed by atoms with E-state index in [1.54, 1.807) is 6.92 Å². The molecule has 1 atom stereocenters. The van der Waals surface area contributed by atoms with Gasteiger partial charge in [0, 0.05) is 48.5 Å². The highest BCUT2D eigenvalue weighted by atomic mass is 35.5. The Kier molecular flexibility index (Phi) is 5.33. The number of carbonyl (C=O) groups excluding carboxylic acids is 1. The van der Waals surface area contributed by atoms with Crippen molar-refractivity contribution in [2.45, 2.75) is 19.4 Å². The van der Waals surface area contributed by atoms with Crippen molar-refractivity contribution < 1.29 is 4.79 Å². The molecule has 7 heteroatoms. The summed E-state index contributed by atoms with van der Waals surface area (Å²) in [6.45, 7) is 4.74. The van der Waals surface area contributed by atoms with Crippen molar-refractivity contribution in [1.82, 2.24) is 15.1 Å². The lowest BCUT2D eigenvalue weighted by Crippen LogP contribution is -2.54. The molecule has 3 heterocycles. The second kappa shape index (κ2) is 7.89. The number of benzene rings is 1. The van der Waals surface area contributed by atoms with Crippen molar-refractivity contribution in [3.63, 3.8) is 0 Å². The fourth-order valence-electron chi connectivity index (χ4n) is 3.89. The van der Waals surface area contributed by atoms with Gasteiger partial charge in [0.2, 0.25) is 0 Å². The van der Waals surface area contributed by atoms with Crippen molar-refractivity contribution in [1.29, 1.82) is 0 Å². The lowest BCUT2D eigenvalue weighted by molar-refractivity contribution is -0.121. The molecule has 1 aromatic carbocycles. The van der Waals surface area contributed by atoms with Gasteiger partial charge in [-0.15, -0.1) is 0 Å². The maximum atomic E-state index is 12.1. The number of ketones is 1. The summed E-state index contributed by atoms with van der Waals surface area (Å²) < 4.78 is 0. The lowest BCUT2D eigenvalue weighted by Gasteiger charge is -2.38. The highest BCUT2D eigenvalue weighted by Gasteiger charge is 2.31. The summed E-state index contributed by atoms with van der Waals surface area (Å²) in [7, 11) is 2.01. The average Bonchev–Trinajstić information content (AvgIpc) is 3.14. The van der Waals surface area contributed by atoms with E-state index < -0.39 is 0 Å². The van der Waals surface area contributed by atoms with Gasteiger partial charge in [0.05, 0.1) is 11.7 Å². The fraction of sp³-hybridized carbons (Fsp3) is 0.381. The summed E-state index contributed by atoms with van der Waals surface area (Å²) >= 11 is 6.07. The minimum Gasteiger partial charge on any atom is -0.351 e. The summed E-state index contributed by atoms with van der Waals surface area (Å²) in [4.78, 5) is 20.8. The van der Waals surface area contributed by atoms with E-state index in [0.717, 1.165) is 48.7 Å². The second-order valence-corrected chi connectivity index (χ2v) is 7.79. The molecule has 2 aromatic rings. The molecule has 1 saturated heterocycles. The molecule has 4 rings (SSSR count). The van der Waals surface area contributed by atoms with Gasteiger partial charge in [-0.05, 0) is 44.2 Å². The molecule has 1 N–H and O–H groups in total. The van der Waals surface area contributed by atoms with Crippen LogP contribution in [0.2, 0.25) is 5.02 Å². The van der Waals surface area contributed by atoms with Gasteiger partial charge >= 0.3 is 0 Å². The number of Topliss-reactive ketones (excluding diaryl/α,β-unsaturated/α-hetero) is 1. The minimum absolute atomic E-state index is 0.112. The molecule has 1 aromatic heterocycles. The van der Waals surface area contributed by atoms with E-state index in [9.17, 15) is 4.79 Å². The monoisotopic (exact) mass is 397 g/mol. The van der Waals surface area contributed by atoms with Crippen LogP contribution in [0.15, 0.2) is 35.3 Å². The van der Waals surface area contributed by atoms with Crippen molar-refractivity contribution in [3.05, 3.63) is 40.9 Å². The van der Waals surface area contributed by atoms with Crippen LogP contribution in [-0.2, 0) is 4.79 Å². The molecule has 146 valence electrons. The Balaban J connectivity index is 1.77. The van der Waals surface area contributed by atoms with Crippen LogP contribution in [0.3, 0.4) is 0 Å². The van der Waals surface area contributed by atoms with Gasteiger partial charge in [0.25, 0.3) is 0 Å². The molecule has 0 saturated carbocycles. The first-order valence-electron chi connectivity index (χ1n) is 9.54. The van der Waals surface area contributed by atoms with Gasteiger partial charge in [0.15, 0.2) is 5.82 Å². The highest BCUT2D eigenvalue weighted by Crippen LogP contribution is 2.37. The van der Waals surface area contributed by atoms with Crippen LogP contribution < -0.4 is 4.90 Å². The Hall–Kier alpha value is -2.44. The molecule has 28 heavy (non-hydrogen) atoms. The van der Waals surface area contributed by atoms with Gasteiger partial charge in [-0.3, -0.25) is 19.8 Å². The maximum Gasteiger partial charge on any atom is 0.158 e. The number of aromatic amines is 1. The summed E-state index contributed by atoms with van der Waals surface area (Å²) in [6.07, 6.45) is 4.80. The number of hydrogen-bond acceptors (Lipinski definition) is 5. The first kappa shape index (κ1) is 18.9. The summed E-state index contributed by atoms with van der Waals surface area (Å²) in [6, 6.07) is 7.67. The van der Waals surface area contributed by atoms with Crippen molar-refractivity contribution in [2.24, 2.45) is 4.99 Å². The van der Waals surface area contributed by atoms with Crippen molar-refractivity contribution >= 4 is 35.0 Å². The zero-order chi connectivity index (χ0) is 19.7. The van der Waals surface area contributed by atoms with E-state index in [2.05, 4.69) is 31.1 Å². The number of rotatable bonds is 4. The largest absolute Gasteiger partial charge is 0.351 e. The quantitative estimate of drug-likeness (QED) is 0.859. The predicted octanol–water partition coefficient (Wildman–Crippen LogP) is 3.30. The molecular formula is C21H24ClN5O. The Morgan fingerprint density at radius 2 is 2.04 bits per heavy atom. The number of halogens is 1. The van der Waals surface area contributed by atoms with E-state index >= 15 is 0 Å². The highest BCUT2D eigenvalue weighted by molar-refractivity contribution is 6.30. The number of aliphatic imine (C=N–C) groups is 1. The molecule has 1 unspecified atom stereocenters. The molecule has 0 aliphatic carbocycles. The van der Waals surface area contributed by atoms with Crippen LogP contribution in [-0.4, -0.2) is 66.4 Å². The normalized spacial score (nSPS) is 20.3. The SMILES string of the molecule is CC(=O)C1CN(c2n[nH]c(-c3ccc(Cl)cc3)c2C2=CC=NCC2)CCN1C. The summed E-state index contributed by atoms with van der Waals surface area (Å²) in [5.41, 5.74) is 4.33. The molecular weight excluding hydrogens is 374 g/mol. The molecule has 0 amide bonds. The number of anilines is 1. The molecule has 0 spiro atoms. The molecule has 1 fully saturated rings. The third-order valence-electron chi connectivity index (χ3n) is 5.51. The van der Waals surface area contributed by atoms with Crippen LogP contribution in [0.1, 0.15) is 18.9 Å². The number of nitrogens with zero attached hydrogens (tertiary/aromatic N) is 4. The number of nitrogens with one attached hydrogen (secondary N) is 1. The number of H-pyrrole nitrogens is 1. The topological polar surface area (TPSA) is 64.6 Å². The van der Waals surface area contributed by atoms with Crippen LogP contribution >= 0.6 is 11.6 Å². The third kappa shape index (κ3) is 3.62. The fourth-order valence-corrected chi connectivity index (χ4v) is 4.02. The number of dihydropyridines is 1. The van der Waals surface area contributed by atoms with Crippen LogP contribution in [0, 0.1) is 0 Å². The number of allylic oxidation sites excluding steroid dienone is 1. The van der Waals surface area contributed by atoms with Gasteiger partial charge in [-0.2, -0.15) is 5.10 Å². The van der Waals surface area contributed by atoms with Crippen molar-refractivity contribution in [2.75, 3.05) is 38.1 Å². The van der Waals surface area contributed by atoms with Crippen LogP contribution in [0.4, 0.5) is 5.82 Å². The molecule has 2 aliphatic heterocycles. The van der Waals surface area contributed by atoms with Crippen molar-refractivity contribution in [3.8, 4) is 11.3 Å². The standard InChI is InChI=1S/C21H24ClN5O/c1-14(28)18-13-27(12-11-26(18)2)21-19(15-7-9-23-10-8-15)20(24-25-21)16-3-5-17(22)6-4-16/h3-7,9,18H,8,10-13H2,1-2H3,(H,24,25). The molecule has 0 bridgehead atoms.